The summed E-state index contributed by atoms with van der Waals surface area (Å²) < 4.78 is 21.6. The fourth-order valence-electron chi connectivity index (χ4n) is 3.17. The second-order valence-corrected chi connectivity index (χ2v) is 13.1. The molecule has 0 radical (unpaired) electrons. The highest BCUT2D eigenvalue weighted by atomic mass is 16.6. The molecule has 0 rings (SSSR count). The highest BCUT2D eigenvalue weighted by Crippen LogP contribution is 2.12. The van der Waals surface area contributed by atoms with Gasteiger partial charge in [-0.25, -0.2) is 0 Å². The van der Waals surface area contributed by atoms with Gasteiger partial charge in [-0.1, -0.05) is 0 Å². The van der Waals surface area contributed by atoms with Crippen LogP contribution < -0.4 is 0 Å². The van der Waals surface area contributed by atoms with Crippen molar-refractivity contribution in [3.63, 3.8) is 0 Å². The SMILES string of the molecule is CC(C)(C)OC(=O)CN(CCCN(CC(=O)OC(C)(C)C)CC(=O)OC(C)(C)C)CC(=O)OC(C)(C)C. The van der Waals surface area contributed by atoms with Crippen LogP contribution in [0.4, 0.5) is 0 Å². The van der Waals surface area contributed by atoms with Gasteiger partial charge in [-0.3, -0.25) is 29.0 Å². The van der Waals surface area contributed by atoms with Crippen molar-refractivity contribution in [2.75, 3.05) is 39.3 Å². The van der Waals surface area contributed by atoms with Crippen molar-refractivity contribution in [1.29, 1.82) is 0 Å². The second kappa shape index (κ2) is 14.1. The average molecular weight is 531 g/mol. The van der Waals surface area contributed by atoms with Gasteiger partial charge in [0, 0.05) is 13.1 Å². The summed E-state index contributed by atoms with van der Waals surface area (Å²) in [6.45, 7) is 21.5. The first-order chi connectivity index (χ1) is 16.4. The van der Waals surface area contributed by atoms with E-state index < -0.39 is 46.3 Å². The minimum absolute atomic E-state index is 0.103. The molecule has 10 heteroatoms. The summed E-state index contributed by atoms with van der Waals surface area (Å²) >= 11 is 0. The predicted molar refractivity (Wildman–Crippen MR) is 141 cm³/mol. The fourth-order valence-corrected chi connectivity index (χ4v) is 3.17. The van der Waals surface area contributed by atoms with E-state index in [1.165, 1.54) is 0 Å². The number of rotatable bonds is 12. The van der Waals surface area contributed by atoms with Crippen LogP contribution in [-0.2, 0) is 38.1 Å². The van der Waals surface area contributed by atoms with Crippen LogP contribution in [0.2, 0.25) is 0 Å². The first-order valence-electron chi connectivity index (χ1n) is 12.8. The molecule has 0 bridgehead atoms. The third-order valence-corrected chi connectivity index (χ3v) is 4.04. The lowest BCUT2D eigenvalue weighted by Gasteiger charge is -2.28. The lowest BCUT2D eigenvalue weighted by molar-refractivity contribution is -0.161. The lowest BCUT2D eigenvalue weighted by atomic mass is 10.2. The summed E-state index contributed by atoms with van der Waals surface area (Å²) in [6.07, 6.45) is 0.456. The van der Waals surface area contributed by atoms with Gasteiger partial charge in [0.2, 0.25) is 0 Å². The molecule has 0 amide bonds. The maximum absolute atomic E-state index is 12.4. The first-order valence-corrected chi connectivity index (χ1v) is 12.8. The normalized spacial score (nSPS) is 12.9. The maximum atomic E-state index is 12.4. The predicted octanol–water partition coefficient (Wildman–Crippen LogP) is 3.35. The Kier molecular flexibility index (Phi) is 13.3. The molecule has 0 saturated carbocycles. The standard InChI is InChI=1S/C27H50N2O8/c1-24(2,3)34-20(30)16-28(17-21(31)35-25(4,5)6)14-13-15-29(18-22(32)36-26(7,8)9)19-23(33)37-27(10,11)12/h13-19H2,1-12H3. The third kappa shape index (κ3) is 21.6. The molecule has 0 heterocycles. The summed E-state index contributed by atoms with van der Waals surface area (Å²) in [7, 11) is 0. The van der Waals surface area contributed by atoms with Crippen molar-refractivity contribution < 1.29 is 38.1 Å². The van der Waals surface area contributed by atoms with Crippen LogP contribution in [-0.4, -0.2) is 95.3 Å². The van der Waals surface area contributed by atoms with Crippen molar-refractivity contribution in [2.24, 2.45) is 0 Å². The Hall–Kier alpha value is -2.20. The molecule has 0 aliphatic rings. The number of ether oxygens (including phenoxy) is 4. The molecular weight excluding hydrogens is 480 g/mol. The van der Waals surface area contributed by atoms with E-state index in [-0.39, 0.29) is 26.2 Å². The summed E-state index contributed by atoms with van der Waals surface area (Å²) in [5.41, 5.74) is -2.64. The molecular formula is C27H50N2O8. The van der Waals surface area contributed by atoms with E-state index >= 15 is 0 Å². The highest BCUT2D eigenvalue weighted by molar-refractivity contribution is 5.76. The zero-order chi connectivity index (χ0) is 29.2. The Balaban J connectivity index is 5.38. The molecule has 0 aromatic heterocycles. The fraction of sp³-hybridized carbons (Fsp3) is 0.852. The molecule has 0 atom stereocenters. The van der Waals surface area contributed by atoms with E-state index in [0.717, 1.165) is 0 Å². The second-order valence-electron chi connectivity index (χ2n) is 13.1. The third-order valence-electron chi connectivity index (χ3n) is 4.04. The van der Waals surface area contributed by atoms with Gasteiger partial charge in [-0.05, 0) is 89.5 Å². The highest BCUT2D eigenvalue weighted by Gasteiger charge is 2.26. The quantitative estimate of drug-likeness (QED) is 0.275. The van der Waals surface area contributed by atoms with Gasteiger partial charge in [0.25, 0.3) is 0 Å². The molecule has 0 aliphatic carbocycles. The van der Waals surface area contributed by atoms with Crippen LogP contribution in [0.15, 0.2) is 0 Å². The molecule has 0 aromatic carbocycles. The molecule has 37 heavy (non-hydrogen) atoms. The van der Waals surface area contributed by atoms with Gasteiger partial charge in [0.1, 0.15) is 22.4 Å². The van der Waals surface area contributed by atoms with E-state index in [9.17, 15) is 19.2 Å². The topological polar surface area (TPSA) is 112 Å². The van der Waals surface area contributed by atoms with Crippen LogP contribution in [0.5, 0.6) is 0 Å². The zero-order valence-corrected chi connectivity index (χ0v) is 25.1. The molecule has 0 fully saturated rings. The molecule has 0 unspecified atom stereocenters. The van der Waals surface area contributed by atoms with Crippen molar-refractivity contribution in [1.82, 2.24) is 9.80 Å². The molecule has 0 aliphatic heterocycles. The van der Waals surface area contributed by atoms with Gasteiger partial charge < -0.3 is 18.9 Å². The maximum Gasteiger partial charge on any atom is 0.320 e. The van der Waals surface area contributed by atoms with Crippen LogP contribution in [0.1, 0.15) is 89.5 Å². The minimum Gasteiger partial charge on any atom is -0.459 e. The Bertz CT molecular complexity index is 643. The molecule has 216 valence electrons. The number of carbonyl (C=O) groups is 4. The van der Waals surface area contributed by atoms with Crippen LogP contribution in [0, 0.1) is 0 Å². The number of nitrogens with zero attached hydrogens (tertiary/aromatic N) is 2. The van der Waals surface area contributed by atoms with Crippen molar-refractivity contribution in [3.05, 3.63) is 0 Å². The molecule has 0 N–H and O–H groups in total. The van der Waals surface area contributed by atoms with E-state index in [4.69, 9.17) is 18.9 Å². The van der Waals surface area contributed by atoms with E-state index in [2.05, 4.69) is 0 Å². The average Bonchev–Trinajstić information content (AvgIpc) is 2.54. The zero-order valence-electron chi connectivity index (χ0n) is 25.1. The molecule has 0 spiro atoms. The van der Waals surface area contributed by atoms with Gasteiger partial charge in [0.05, 0.1) is 26.2 Å². The van der Waals surface area contributed by atoms with Crippen LogP contribution in [0.25, 0.3) is 0 Å². The number of hydrogen-bond donors (Lipinski definition) is 0. The molecule has 0 aromatic rings. The number of hydrogen-bond acceptors (Lipinski definition) is 10. The summed E-state index contributed by atoms with van der Waals surface area (Å²) in [5, 5.41) is 0. The summed E-state index contributed by atoms with van der Waals surface area (Å²) in [5.74, 6) is -1.85. The van der Waals surface area contributed by atoms with Gasteiger partial charge >= 0.3 is 23.9 Å². The van der Waals surface area contributed by atoms with Crippen LogP contribution in [0.3, 0.4) is 0 Å². The van der Waals surface area contributed by atoms with Crippen molar-refractivity contribution in [3.8, 4) is 0 Å². The Labute approximate surface area is 223 Å². The molecule has 10 nitrogen and oxygen atoms in total. The number of esters is 4. The Morgan fingerprint density at radius 3 is 0.784 bits per heavy atom. The Morgan fingerprint density at radius 1 is 0.432 bits per heavy atom. The molecule has 0 saturated heterocycles. The van der Waals surface area contributed by atoms with Gasteiger partial charge in [0.15, 0.2) is 0 Å². The van der Waals surface area contributed by atoms with E-state index in [1.807, 2.05) is 0 Å². The largest absolute Gasteiger partial charge is 0.459 e. The summed E-state index contributed by atoms with van der Waals surface area (Å²) in [4.78, 5) is 53.0. The lowest BCUT2D eigenvalue weighted by Crippen LogP contribution is -2.43. The minimum atomic E-state index is -0.660. The smallest absolute Gasteiger partial charge is 0.320 e. The van der Waals surface area contributed by atoms with Gasteiger partial charge in [-0.2, -0.15) is 0 Å². The van der Waals surface area contributed by atoms with E-state index in [1.54, 1.807) is 92.9 Å². The Morgan fingerprint density at radius 2 is 0.622 bits per heavy atom. The monoisotopic (exact) mass is 530 g/mol. The van der Waals surface area contributed by atoms with E-state index in [0.29, 0.717) is 19.5 Å². The summed E-state index contributed by atoms with van der Waals surface area (Å²) in [6, 6.07) is 0. The van der Waals surface area contributed by atoms with Crippen LogP contribution >= 0.6 is 0 Å². The van der Waals surface area contributed by atoms with Crippen molar-refractivity contribution >= 4 is 23.9 Å². The van der Waals surface area contributed by atoms with Crippen molar-refractivity contribution in [2.45, 2.75) is 112 Å². The number of carbonyl (C=O) groups excluding carboxylic acids is 4. The van der Waals surface area contributed by atoms with Gasteiger partial charge in [-0.15, -0.1) is 0 Å². The first kappa shape index (κ1) is 34.8.